The van der Waals surface area contributed by atoms with Crippen LogP contribution >= 0.6 is 0 Å². The van der Waals surface area contributed by atoms with Gasteiger partial charge in [0.05, 0.1) is 0 Å². The third-order valence-corrected chi connectivity index (χ3v) is 1.80. The van der Waals surface area contributed by atoms with Gasteiger partial charge in [-0.3, -0.25) is 0 Å². The Bertz CT molecular complexity index is 146. The monoisotopic (exact) mass is 221 g/mol. The number of hydrogen-bond acceptors (Lipinski definition) is 0. The molecule has 1 radical (unpaired) electrons. The van der Waals surface area contributed by atoms with E-state index in [1.54, 1.807) is 22.3 Å². The molecule has 0 spiro atoms. The van der Waals surface area contributed by atoms with E-state index >= 15 is 0 Å². The van der Waals surface area contributed by atoms with Crippen LogP contribution < -0.4 is 0 Å². The molecule has 0 bridgehead atoms. The van der Waals surface area contributed by atoms with Gasteiger partial charge in [-0.2, -0.15) is 0 Å². The van der Waals surface area contributed by atoms with Crippen molar-refractivity contribution in [1.29, 1.82) is 0 Å². The molecule has 0 unspecified atom stereocenters. The molecule has 0 aliphatic rings. The summed E-state index contributed by atoms with van der Waals surface area (Å²) in [5, 5.41) is 0. The average Bonchev–Trinajstić information content (AvgIpc) is 1.90. The van der Waals surface area contributed by atoms with Gasteiger partial charge in [0.25, 0.3) is 0 Å². The predicted octanol–water partition coefficient (Wildman–Crippen LogP) is 1.10. The van der Waals surface area contributed by atoms with Gasteiger partial charge < -0.3 is 0 Å². The summed E-state index contributed by atoms with van der Waals surface area (Å²) < 4.78 is 2.13. The van der Waals surface area contributed by atoms with Gasteiger partial charge in [-0.1, -0.05) is 0 Å². The van der Waals surface area contributed by atoms with Crippen LogP contribution in [0.1, 0.15) is 5.56 Å². The fourth-order valence-electron chi connectivity index (χ4n) is 0.539. The SMILES string of the molecule is [TeH][CH]c1ccccc1. The molecule has 1 aromatic rings. The van der Waals surface area contributed by atoms with Crippen molar-refractivity contribution in [3.63, 3.8) is 0 Å². The van der Waals surface area contributed by atoms with Gasteiger partial charge in [0.15, 0.2) is 0 Å². The zero-order chi connectivity index (χ0) is 5.82. The molecule has 0 atom stereocenters. The normalized spacial score (nSPS) is 9.12. The molecule has 1 rings (SSSR count). The molecule has 0 aromatic heterocycles. The molecular formula is C7H7Te. The Balaban J connectivity index is 2.83. The molecule has 0 heterocycles. The quantitative estimate of drug-likeness (QED) is 0.620. The second-order valence-corrected chi connectivity index (χ2v) is 2.28. The van der Waals surface area contributed by atoms with Gasteiger partial charge in [0.1, 0.15) is 0 Å². The van der Waals surface area contributed by atoms with Crippen LogP contribution in [0.5, 0.6) is 0 Å². The predicted molar refractivity (Wildman–Crippen MR) is 37.0 cm³/mol. The van der Waals surface area contributed by atoms with Crippen LogP contribution in [0.4, 0.5) is 0 Å². The molecule has 0 saturated carbocycles. The average molecular weight is 219 g/mol. The maximum absolute atomic E-state index is 2.13. The molecule has 0 N–H and O–H groups in total. The first-order valence-electron chi connectivity index (χ1n) is 2.46. The van der Waals surface area contributed by atoms with Crippen molar-refractivity contribution in [3.8, 4) is 0 Å². The molecule has 41 valence electrons. The summed E-state index contributed by atoms with van der Waals surface area (Å²) in [5.74, 6) is 0. The molecule has 0 fully saturated rings. The summed E-state index contributed by atoms with van der Waals surface area (Å²) >= 11 is 1.72. The molecule has 0 saturated heterocycles. The van der Waals surface area contributed by atoms with Crippen LogP contribution in [0.2, 0.25) is 0 Å². The molecular weight excluding hydrogens is 212 g/mol. The molecule has 0 aliphatic heterocycles. The minimum atomic E-state index is 1.31. The van der Waals surface area contributed by atoms with E-state index in [4.69, 9.17) is 0 Å². The van der Waals surface area contributed by atoms with E-state index in [0.29, 0.717) is 0 Å². The van der Waals surface area contributed by atoms with Crippen LogP contribution in [0.25, 0.3) is 0 Å². The molecule has 0 nitrogen and oxygen atoms in total. The first-order valence-corrected chi connectivity index (χ1v) is 3.93. The van der Waals surface area contributed by atoms with E-state index < -0.39 is 0 Å². The molecule has 0 amide bonds. The Morgan fingerprint density at radius 1 is 1.12 bits per heavy atom. The maximum atomic E-state index is 2.13. The molecule has 0 aliphatic carbocycles. The summed E-state index contributed by atoms with van der Waals surface area (Å²) in [6.07, 6.45) is 0. The van der Waals surface area contributed by atoms with Crippen LogP contribution in [-0.4, -0.2) is 22.3 Å². The van der Waals surface area contributed by atoms with E-state index in [9.17, 15) is 0 Å². The Morgan fingerprint density at radius 2 is 1.75 bits per heavy atom. The van der Waals surface area contributed by atoms with Crippen molar-refractivity contribution in [2.24, 2.45) is 0 Å². The second-order valence-electron chi connectivity index (χ2n) is 1.54. The van der Waals surface area contributed by atoms with Crippen molar-refractivity contribution in [2.45, 2.75) is 0 Å². The second kappa shape index (κ2) is 3.12. The van der Waals surface area contributed by atoms with Gasteiger partial charge >= 0.3 is 62.7 Å². The third kappa shape index (κ3) is 1.51. The first-order chi connectivity index (χ1) is 3.93. The van der Waals surface area contributed by atoms with E-state index in [1.807, 2.05) is 18.2 Å². The Kier molecular flexibility index (Phi) is 2.39. The van der Waals surface area contributed by atoms with Gasteiger partial charge in [-0.05, 0) is 0 Å². The van der Waals surface area contributed by atoms with E-state index in [0.717, 1.165) is 0 Å². The summed E-state index contributed by atoms with van der Waals surface area (Å²) in [7, 11) is 0. The molecule has 8 heavy (non-hydrogen) atoms. The number of hydrogen-bond donors (Lipinski definition) is 0. The summed E-state index contributed by atoms with van der Waals surface area (Å²) in [6.45, 7) is 0. The van der Waals surface area contributed by atoms with Gasteiger partial charge in [-0.15, -0.1) is 0 Å². The first kappa shape index (κ1) is 6.13. The minimum absolute atomic E-state index is 1.31. The standard InChI is InChI=1S/C7H7Te/c8-6-7-4-2-1-3-5-7/h1-6,8H. The zero-order valence-electron chi connectivity index (χ0n) is 4.41. The Morgan fingerprint density at radius 3 is 2.12 bits per heavy atom. The van der Waals surface area contributed by atoms with Gasteiger partial charge in [0, 0.05) is 0 Å². The summed E-state index contributed by atoms with van der Waals surface area (Å²) in [4.78, 5) is 0. The fourth-order valence-corrected chi connectivity index (χ4v) is 1.03. The van der Waals surface area contributed by atoms with Crippen LogP contribution in [0.3, 0.4) is 0 Å². The number of rotatable bonds is 1. The van der Waals surface area contributed by atoms with Gasteiger partial charge in [0.2, 0.25) is 0 Å². The van der Waals surface area contributed by atoms with Crippen molar-refractivity contribution in [2.75, 3.05) is 0 Å². The topological polar surface area (TPSA) is 0 Å². The fraction of sp³-hybridized carbons (Fsp3) is 0. The van der Waals surface area contributed by atoms with E-state index in [-0.39, 0.29) is 0 Å². The van der Waals surface area contributed by atoms with Crippen molar-refractivity contribution >= 4 is 22.3 Å². The Hall–Kier alpha value is 0.00961. The van der Waals surface area contributed by atoms with Gasteiger partial charge in [-0.25, -0.2) is 0 Å². The third-order valence-electron chi connectivity index (χ3n) is 0.949. The van der Waals surface area contributed by atoms with Crippen LogP contribution in [0.15, 0.2) is 30.3 Å². The van der Waals surface area contributed by atoms with Crippen molar-refractivity contribution in [1.82, 2.24) is 0 Å². The van der Waals surface area contributed by atoms with E-state index in [1.165, 1.54) is 5.56 Å². The van der Waals surface area contributed by atoms with Crippen molar-refractivity contribution in [3.05, 3.63) is 40.4 Å². The Labute approximate surface area is 62.8 Å². The number of benzene rings is 1. The summed E-state index contributed by atoms with van der Waals surface area (Å²) in [5.41, 5.74) is 1.31. The van der Waals surface area contributed by atoms with Crippen LogP contribution in [0, 0.1) is 4.47 Å². The zero-order valence-corrected chi connectivity index (χ0v) is 6.96. The van der Waals surface area contributed by atoms with Crippen molar-refractivity contribution < 1.29 is 0 Å². The van der Waals surface area contributed by atoms with Crippen LogP contribution in [-0.2, 0) is 0 Å². The molecule has 1 heteroatoms. The molecule has 1 aromatic carbocycles. The summed E-state index contributed by atoms with van der Waals surface area (Å²) in [6, 6.07) is 10.3. The van der Waals surface area contributed by atoms with E-state index in [2.05, 4.69) is 16.6 Å².